The number of nitro benzene ring substituents is 1. The molecule has 2 unspecified atom stereocenters. The summed E-state index contributed by atoms with van der Waals surface area (Å²) < 4.78 is 5.21. The molecule has 20 heavy (non-hydrogen) atoms. The molecule has 1 N–H and O–H groups in total. The summed E-state index contributed by atoms with van der Waals surface area (Å²) in [5.41, 5.74) is 0.966. The fraction of sp³-hybridized carbons (Fsp3) is 0.462. The average molecular weight is 280 g/mol. The van der Waals surface area contributed by atoms with E-state index in [4.69, 9.17) is 4.74 Å². The van der Waals surface area contributed by atoms with Crippen molar-refractivity contribution < 1.29 is 19.6 Å². The zero-order chi connectivity index (χ0) is 14.9. The first-order valence-corrected chi connectivity index (χ1v) is 6.21. The number of rotatable bonds is 4. The fourth-order valence-electron chi connectivity index (χ4n) is 2.50. The molecule has 2 atom stereocenters. The Morgan fingerprint density at radius 3 is 2.80 bits per heavy atom. The van der Waals surface area contributed by atoms with Gasteiger partial charge in [0, 0.05) is 12.6 Å². The van der Waals surface area contributed by atoms with Crippen molar-refractivity contribution in [2.24, 2.45) is 5.92 Å². The summed E-state index contributed by atoms with van der Waals surface area (Å²) in [6, 6.07) is 4.60. The van der Waals surface area contributed by atoms with E-state index in [0.717, 1.165) is 0 Å². The van der Waals surface area contributed by atoms with Crippen LogP contribution < -0.4 is 4.90 Å². The van der Waals surface area contributed by atoms with Gasteiger partial charge in [-0.25, -0.2) is 0 Å². The van der Waals surface area contributed by atoms with Gasteiger partial charge in [-0.05, 0) is 13.0 Å². The Balaban J connectivity index is 2.39. The third-order valence-electron chi connectivity index (χ3n) is 3.64. The molecule has 0 bridgehead atoms. The Morgan fingerprint density at radius 1 is 1.50 bits per heavy atom. The van der Waals surface area contributed by atoms with Crippen molar-refractivity contribution in [1.82, 2.24) is 0 Å². The van der Waals surface area contributed by atoms with E-state index in [1.807, 2.05) is 0 Å². The third-order valence-corrected chi connectivity index (χ3v) is 3.64. The number of anilines is 1. The van der Waals surface area contributed by atoms with Gasteiger partial charge in [-0.1, -0.05) is 12.1 Å². The van der Waals surface area contributed by atoms with Gasteiger partial charge in [0.05, 0.1) is 24.2 Å². The van der Waals surface area contributed by atoms with E-state index in [1.165, 1.54) is 0 Å². The molecule has 7 nitrogen and oxygen atoms in total. The van der Waals surface area contributed by atoms with Crippen molar-refractivity contribution in [2.75, 3.05) is 25.2 Å². The van der Waals surface area contributed by atoms with Crippen LogP contribution in [0.15, 0.2) is 18.2 Å². The minimum absolute atomic E-state index is 0.00559. The van der Waals surface area contributed by atoms with Gasteiger partial charge in [0.25, 0.3) is 5.69 Å². The second-order valence-corrected chi connectivity index (χ2v) is 4.86. The first-order chi connectivity index (χ1) is 9.43. The van der Waals surface area contributed by atoms with Crippen LogP contribution in [0.3, 0.4) is 0 Å². The Morgan fingerprint density at radius 2 is 2.20 bits per heavy atom. The molecule has 1 aliphatic heterocycles. The molecule has 0 spiro atoms. The highest BCUT2D eigenvalue weighted by molar-refractivity contribution is 5.74. The van der Waals surface area contributed by atoms with Gasteiger partial charge in [-0.3, -0.25) is 14.9 Å². The number of benzene rings is 1. The molecule has 1 heterocycles. The van der Waals surface area contributed by atoms with E-state index >= 15 is 0 Å². The lowest BCUT2D eigenvalue weighted by Crippen LogP contribution is -2.41. The van der Waals surface area contributed by atoms with Crippen LogP contribution in [0.2, 0.25) is 0 Å². The minimum Gasteiger partial charge on any atom is -0.481 e. The predicted molar refractivity (Wildman–Crippen MR) is 72.0 cm³/mol. The van der Waals surface area contributed by atoms with Crippen molar-refractivity contribution in [3.8, 4) is 0 Å². The highest BCUT2D eigenvalue weighted by Crippen LogP contribution is 2.34. The highest BCUT2D eigenvalue weighted by atomic mass is 16.6. The number of aryl methyl sites for hydroxylation is 1. The molecular weight excluding hydrogens is 264 g/mol. The van der Waals surface area contributed by atoms with Gasteiger partial charge in [-0.2, -0.15) is 0 Å². The van der Waals surface area contributed by atoms with Crippen molar-refractivity contribution in [2.45, 2.75) is 13.0 Å². The molecule has 1 aliphatic rings. The smallest absolute Gasteiger partial charge is 0.311 e. The first kappa shape index (κ1) is 14.3. The molecule has 108 valence electrons. The summed E-state index contributed by atoms with van der Waals surface area (Å²) in [4.78, 5) is 23.6. The maximum Gasteiger partial charge on any atom is 0.311 e. The Labute approximate surface area is 115 Å². The Kier molecular flexibility index (Phi) is 3.89. The topological polar surface area (TPSA) is 92.9 Å². The molecule has 0 saturated carbocycles. The largest absolute Gasteiger partial charge is 0.481 e. The summed E-state index contributed by atoms with van der Waals surface area (Å²) in [6.07, 6.45) is 0. The van der Waals surface area contributed by atoms with E-state index in [-0.39, 0.29) is 18.9 Å². The van der Waals surface area contributed by atoms with Crippen molar-refractivity contribution in [3.63, 3.8) is 0 Å². The van der Waals surface area contributed by atoms with Crippen LogP contribution in [-0.4, -0.2) is 42.3 Å². The van der Waals surface area contributed by atoms with Crippen molar-refractivity contribution in [1.29, 1.82) is 0 Å². The van der Waals surface area contributed by atoms with Crippen LogP contribution in [0, 0.1) is 23.0 Å². The molecule has 0 radical (unpaired) electrons. The lowest BCUT2D eigenvalue weighted by Gasteiger charge is -2.28. The molecule has 0 amide bonds. The molecular formula is C13H16N2O5. The number of carbonyl (C=O) groups is 1. The maximum absolute atomic E-state index is 11.2. The summed E-state index contributed by atoms with van der Waals surface area (Å²) in [7, 11) is 1.66. The number of likely N-dealkylation sites (N-methyl/N-ethyl adjacent to an activating group) is 1. The molecule has 0 aliphatic carbocycles. The Bertz CT molecular complexity index is 546. The van der Waals surface area contributed by atoms with Crippen LogP contribution in [0.5, 0.6) is 0 Å². The lowest BCUT2D eigenvalue weighted by atomic mass is 10.0. The number of carboxylic acid groups (broad SMARTS) is 1. The van der Waals surface area contributed by atoms with E-state index in [2.05, 4.69) is 0 Å². The van der Waals surface area contributed by atoms with Gasteiger partial charge in [0.2, 0.25) is 0 Å². The summed E-state index contributed by atoms with van der Waals surface area (Å²) >= 11 is 0. The van der Waals surface area contributed by atoms with Gasteiger partial charge in [0.1, 0.15) is 11.6 Å². The zero-order valence-corrected chi connectivity index (χ0v) is 11.3. The number of aliphatic carboxylic acids is 1. The fourth-order valence-corrected chi connectivity index (χ4v) is 2.50. The molecule has 2 rings (SSSR count). The van der Waals surface area contributed by atoms with Gasteiger partial charge >= 0.3 is 5.97 Å². The van der Waals surface area contributed by atoms with Crippen LogP contribution >= 0.6 is 0 Å². The quantitative estimate of drug-likeness (QED) is 0.662. The van der Waals surface area contributed by atoms with Crippen LogP contribution in [0.25, 0.3) is 0 Å². The molecule has 0 aromatic heterocycles. The summed E-state index contributed by atoms with van der Waals surface area (Å²) in [5, 5.41) is 20.4. The summed E-state index contributed by atoms with van der Waals surface area (Å²) in [5.74, 6) is -1.63. The van der Waals surface area contributed by atoms with Crippen LogP contribution in [0.1, 0.15) is 5.56 Å². The number of nitrogens with zero attached hydrogens (tertiary/aromatic N) is 2. The maximum atomic E-state index is 11.2. The highest BCUT2D eigenvalue weighted by Gasteiger charge is 2.38. The standard InChI is InChI=1S/C13H16N2O5/c1-8-4-3-5-10(12(8)15(18)19)14(2)11-7-20-6-9(11)13(16)17/h3-5,9,11H,6-7H2,1-2H3,(H,16,17). The molecule has 1 saturated heterocycles. The molecule has 1 aromatic carbocycles. The summed E-state index contributed by atoms with van der Waals surface area (Å²) in [6.45, 7) is 2.04. The van der Waals surface area contributed by atoms with E-state index in [9.17, 15) is 20.0 Å². The van der Waals surface area contributed by atoms with Gasteiger partial charge in [0.15, 0.2) is 0 Å². The SMILES string of the molecule is Cc1cccc(N(C)C2COCC2C(=O)O)c1[N+](=O)[O-]. The second-order valence-electron chi connectivity index (χ2n) is 4.86. The van der Waals surface area contributed by atoms with Crippen molar-refractivity contribution >= 4 is 17.3 Å². The number of carboxylic acids is 1. The van der Waals surface area contributed by atoms with Crippen molar-refractivity contribution in [3.05, 3.63) is 33.9 Å². The number of para-hydroxylation sites is 1. The van der Waals surface area contributed by atoms with Gasteiger partial charge < -0.3 is 14.7 Å². The van der Waals surface area contributed by atoms with E-state index in [1.54, 1.807) is 37.1 Å². The van der Waals surface area contributed by atoms with Crippen LogP contribution in [0.4, 0.5) is 11.4 Å². The average Bonchev–Trinajstić information content (AvgIpc) is 2.86. The molecule has 7 heteroatoms. The van der Waals surface area contributed by atoms with Gasteiger partial charge in [-0.15, -0.1) is 0 Å². The number of ether oxygens (including phenoxy) is 1. The zero-order valence-electron chi connectivity index (χ0n) is 11.3. The number of hydrogen-bond donors (Lipinski definition) is 1. The second kappa shape index (κ2) is 5.46. The third kappa shape index (κ3) is 2.44. The van der Waals surface area contributed by atoms with Crippen LogP contribution in [-0.2, 0) is 9.53 Å². The van der Waals surface area contributed by atoms with E-state index in [0.29, 0.717) is 11.3 Å². The normalized spacial score (nSPS) is 21.7. The predicted octanol–water partition coefficient (Wildman–Crippen LogP) is 1.44. The first-order valence-electron chi connectivity index (χ1n) is 6.21. The minimum atomic E-state index is -0.949. The Hall–Kier alpha value is -2.15. The number of nitro groups is 1. The lowest BCUT2D eigenvalue weighted by molar-refractivity contribution is -0.384. The number of hydrogen-bond acceptors (Lipinski definition) is 5. The monoisotopic (exact) mass is 280 g/mol. The molecule has 1 aromatic rings. The molecule has 1 fully saturated rings. The van der Waals surface area contributed by atoms with E-state index < -0.39 is 22.9 Å².